The van der Waals surface area contributed by atoms with E-state index in [2.05, 4.69) is 5.32 Å². The fourth-order valence-electron chi connectivity index (χ4n) is 2.26. The Morgan fingerprint density at radius 1 is 1.57 bits per heavy atom. The number of ether oxygens (including phenoxy) is 1. The van der Waals surface area contributed by atoms with Gasteiger partial charge in [-0.3, -0.25) is 4.79 Å². The van der Waals surface area contributed by atoms with E-state index in [4.69, 9.17) is 15.1 Å². The molecule has 5 heteroatoms. The summed E-state index contributed by atoms with van der Waals surface area (Å²) in [5.41, 5.74) is 0.497. The first-order valence-electron chi connectivity index (χ1n) is 7.22. The molecule has 1 fully saturated rings. The van der Waals surface area contributed by atoms with E-state index in [0.717, 1.165) is 12.8 Å². The number of nitrogens with one attached hydrogen (secondary N) is 1. The van der Waals surface area contributed by atoms with Gasteiger partial charge in [0.2, 0.25) is 0 Å². The molecule has 1 aliphatic carbocycles. The van der Waals surface area contributed by atoms with Crippen LogP contribution < -0.4 is 10.1 Å². The fraction of sp³-hybridized carbons (Fsp3) is 0.500. The number of amides is 1. The number of hydrogen-bond acceptors (Lipinski definition) is 4. The Bertz CT molecular complexity index is 535. The maximum Gasteiger partial charge on any atom is 0.261 e. The van der Waals surface area contributed by atoms with Crippen molar-refractivity contribution in [1.29, 1.82) is 5.26 Å². The second-order valence-electron chi connectivity index (χ2n) is 5.36. The third-order valence-electron chi connectivity index (χ3n) is 3.60. The lowest BCUT2D eigenvalue weighted by atomic mass is 10.1. The number of carbonyl (C=O) groups excluding carboxylic acids is 1. The van der Waals surface area contributed by atoms with Crippen molar-refractivity contribution in [3.05, 3.63) is 29.8 Å². The highest BCUT2D eigenvalue weighted by molar-refractivity contribution is 5.81. The van der Waals surface area contributed by atoms with Gasteiger partial charge in [0, 0.05) is 12.6 Å². The van der Waals surface area contributed by atoms with Crippen molar-refractivity contribution in [2.24, 2.45) is 5.92 Å². The van der Waals surface area contributed by atoms with Gasteiger partial charge in [-0.25, -0.2) is 0 Å². The third kappa shape index (κ3) is 4.47. The molecule has 2 unspecified atom stereocenters. The lowest BCUT2D eigenvalue weighted by Crippen LogP contribution is -2.44. The number of aliphatic hydroxyl groups excluding tert-OH is 1. The Balaban J connectivity index is 1.90. The maximum absolute atomic E-state index is 12.1. The average molecular weight is 288 g/mol. The minimum atomic E-state index is -0.640. The molecule has 0 heterocycles. The first kappa shape index (κ1) is 15.3. The van der Waals surface area contributed by atoms with Crippen molar-refractivity contribution in [1.82, 2.24) is 5.32 Å². The van der Waals surface area contributed by atoms with E-state index in [9.17, 15) is 4.79 Å². The van der Waals surface area contributed by atoms with Crippen molar-refractivity contribution < 1.29 is 14.6 Å². The number of benzene rings is 1. The van der Waals surface area contributed by atoms with E-state index >= 15 is 0 Å². The number of hydrogen-bond donors (Lipinski definition) is 2. The SMILES string of the molecule is CC(Oc1cccc(C#N)c1)C(=O)NC(CCO)C1CC1. The normalized spacial score (nSPS) is 16.6. The lowest BCUT2D eigenvalue weighted by Gasteiger charge is -2.21. The van der Waals surface area contributed by atoms with Crippen LogP contribution in [0.5, 0.6) is 5.75 Å². The summed E-state index contributed by atoms with van der Waals surface area (Å²) in [6, 6.07) is 8.79. The summed E-state index contributed by atoms with van der Waals surface area (Å²) in [5, 5.41) is 20.8. The highest BCUT2D eigenvalue weighted by atomic mass is 16.5. The van der Waals surface area contributed by atoms with Gasteiger partial charge in [0.05, 0.1) is 11.6 Å². The minimum Gasteiger partial charge on any atom is -0.481 e. The van der Waals surface area contributed by atoms with Crippen LogP contribution in [-0.4, -0.2) is 29.8 Å². The zero-order chi connectivity index (χ0) is 15.2. The summed E-state index contributed by atoms with van der Waals surface area (Å²) in [6.07, 6.45) is 2.14. The van der Waals surface area contributed by atoms with Crippen LogP contribution in [0, 0.1) is 17.2 Å². The van der Waals surface area contributed by atoms with Gasteiger partial charge < -0.3 is 15.2 Å². The van der Waals surface area contributed by atoms with Gasteiger partial charge in [0.25, 0.3) is 5.91 Å². The zero-order valence-electron chi connectivity index (χ0n) is 12.1. The van der Waals surface area contributed by atoms with Gasteiger partial charge in [-0.1, -0.05) is 6.07 Å². The quantitative estimate of drug-likeness (QED) is 0.798. The van der Waals surface area contributed by atoms with Crippen LogP contribution in [0.1, 0.15) is 31.7 Å². The van der Waals surface area contributed by atoms with Crippen LogP contribution in [0.3, 0.4) is 0 Å². The molecule has 1 aromatic rings. The van der Waals surface area contributed by atoms with Crippen molar-refractivity contribution in [3.63, 3.8) is 0 Å². The van der Waals surface area contributed by atoms with E-state index in [1.165, 1.54) is 0 Å². The molecule has 112 valence electrons. The van der Waals surface area contributed by atoms with Gasteiger partial charge in [0.15, 0.2) is 6.10 Å². The number of rotatable bonds is 7. The van der Waals surface area contributed by atoms with Crippen LogP contribution in [0.15, 0.2) is 24.3 Å². The lowest BCUT2D eigenvalue weighted by molar-refractivity contribution is -0.128. The second kappa shape index (κ2) is 7.09. The Labute approximate surface area is 124 Å². The van der Waals surface area contributed by atoms with E-state index < -0.39 is 6.10 Å². The Morgan fingerprint density at radius 2 is 2.33 bits per heavy atom. The molecule has 5 nitrogen and oxygen atoms in total. The molecule has 0 aliphatic heterocycles. The molecule has 0 bridgehead atoms. The fourth-order valence-corrected chi connectivity index (χ4v) is 2.26. The minimum absolute atomic E-state index is 0.0268. The van der Waals surface area contributed by atoms with Crippen molar-refractivity contribution in [2.75, 3.05) is 6.61 Å². The molecule has 1 saturated carbocycles. The maximum atomic E-state index is 12.1. The second-order valence-corrected chi connectivity index (χ2v) is 5.36. The highest BCUT2D eigenvalue weighted by Crippen LogP contribution is 2.34. The molecule has 2 N–H and O–H groups in total. The summed E-state index contributed by atoms with van der Waals surface area (Å²) in [5.74, 6) is 0.791. The molecule has 0 saturated heterocycles. The molecular weight excluding hydrogens is 268 g/mol. The summed E-state index contributed by atoms with van der Waals surface area (Å²) in [6.45, 7) is 1.75. The van der Waals surface area contributed by atoms with Crippen LogP contribution in [0.4, 0.5) is 0 Å². The van der Waals surface area contributed by atoms with E-state index in [-0.39, 0.29) is 18.6 Å². The van der Waals surface area contributed by atoms with E-state index in [1.807, 2.05) is 6.07 Å². The monoisotopic (exact) mass is 288 g/mol. The van der Waals surface area contributed by atoms with Gasteiger partial charge >= 0.3 is 0 Å². The zero-order valence-corrected chi connectivity index (χ0v) is 12.1. The summed E-state index contributed by atoms with van der Waals surface area (Å²) >= 11 is 0. The molecule has 2 atom stereocenters. The van der Waals surface area contributed by atoms with Gasteiger partial charge in [0.1, 0.15) is 5.75 Å². The van der Waals surface area contributed by atoms with Crippen molar-refractivity contribution in [2.45, 2.75) is 38.3 Å². The smallest absolute Gasteiger partial charge is 0.261 e. The van der Waals surface area contributed by atoms with Crippen molar-refractivity contribution >= 4 is 5.91 Å². The number of nitriles is 1. The summed E-state index contributed by atoms with van der Waals surface area (Å²) in [7, 11) is 0. The van der Waals surface area contributed by atoms with Crippen molar-refractivity contribution in [3.8, 4) is 11.8 Å². The first-order chi connectivity index (χ1) is 10.1. The average Bonchev–Trinajstić information content (AvgIpc) is 3.31. The third-order valence-corrected chi connectivity index (χ3v) is 3.60. The summed E-state index contributed by atoms with van der Waals surface area (Å²) < 4.78 is 5.57. The van der Waals surface area contributed by atoms with E-state index in [1.54, 1.807) is 31.2 Å². The molecule has 0 spiro atoms. The predicted molar refractivity (Wildman–Crippen MR) is 77.6 cm³/mol. The first-order valence-corrected chi connectivity index (χ1v) is 7.22. The largest absolute Gasteiger partial charge is 0.481 e. The Hall–Kier alpha value is -2.06. The highest BCUT2D eigenvalue weighted by Gasteiger charge is 2.32. The van der Waals surface area contributed by atoms with Gasteiger partial charge in [-0.15, -0.1) is 0 Å². The number of aliphatic hydroxyl groups is 1. The summed E-state index contributed by atoms with van der Waals surface area (Å²) in [4.78, 5) is 12.1. The topological polar surface area (TPSA) is 82.3 Å². The Kier molecular flexibility index (Phi) is 5.18. The molecule has 0 radical (unpaired) electrons. The molecule has 1 amide bonds. The van der Waals surface area contributed by atoms with Gasteiger partial charge in [-0.05, 0) is 50.3 Å². The Morgan fingerprint density at radius 3 is 2.95 bits per heavy atom. The van der Waals surface area contributed by atoms with Crippen LogP contribution in [0.25, 0.3) is 0 Å². The molecule has 21 heavy (non-hydrogen) atoms. The number of nitrogens with zero attached hydrogens (tertiary/aromatic N) is 1. The molecule has 2 rings (SSSR count). The van der Waals surface area contributed by atoms with Gasteiger partial charge in [-0.2, -0.15) is 5.26 Å². The standard InChI is InChI=1S/C16H20N2O3/c1-11(21-14-4-2-3-12(9-14)10-17)16(20)18-15(7-8-19)13-5-6-13/h2-4,9,11,13,15,19H,5-8H2,1H3,(H,18,20). The van der Waals surface area contributed by atoms with E-state index in [0.29, 0.717) is 23.7 Å². The van der Waals surface area contributed by atoms with Crippen LogP contribution in [0.2, 0.25) is 0 Å². The number of carbonyl (C=O) groups is 1. The van der Waals surface area contributed by atoms with Crippen LogP contribution >= 0.6 is 0 Å². The van der Waals surface area contributed by atoms with Crippen LogP contribution in [-0.2, 0) is 4.79 Å². The molecule has 0 aromatic heterocycles. The molecule has 1 aromatic carbocycles. The predicted octanol–water partition coefficient (Wildman–Crippen LogP) is 1.60. The molecule has 1 aliphatic rings. The molecular formula is C16H20N2O3.